The predicted molar refractivity (Wildman–Crippen MR) is 61.7 cm³/mol. The van der Waals surface area contributed by atoms with Gasteiger partial charge in [-0.15, -0.1) is 0 Å². The van der Waals surface area contributed by atoms with E-state index in [0.29, 0.717) is 12.1 Å². The summed E-state index contributed by atoms with van der Waals surface area (Å²) in [6.07, 6.45) is 1.45. The molecule has 0 heterocycles. The highest BCUT2D eigenvalue weighted by atomic mass is 16.5. The van der Waals surface area contributed by atoms with Crippen molar-refractivity contribution in [3.05, 3.63) is 0 Å². The maximum Gasteiger partial charge on any atom is 0.0693 e. The van der Waals surface area contributed by atoms with E-state index in [9.17, 15) is 0 Å². The van der Waals surface area contributed by atoms with E-state index in [1.165, 1.54) is 6.42 Å². The molecule has 0 aromatic rings. The Hall–Kier alpha value is -0.120. The second-order valence-corrected chi connectivity index (χ2v) is 4.39. The number of hydrogen-bond acceptors (Lipinski definition) is 3. The Kier molecular flexibility index (Phi) is 7.15. The molecule has 3 nitrogen and oxygen atoms in total. The van der Waals surface area contributed by atoms with Gasteiger partial charge in [0.05, 0.1) is 6.10 Å². The first-order valence-corrected chi connectivity index (χ1v) is 5.41. The van der Waals surface area contributed by atoms with Crippen molar-refractivity contribution in [2.45, 2.75) is 45.4 Å². The van der Waals surface area contributed by atoms with Gasteiger partial charge in [0, 0.05) is 19.2 Å². The third-order valence-corrected chi connectivity index (χ3v) is 2.63. The zero-order valence-corrected chi connectivity index (χ0v) is 10.5. The maximum atomic E-state index is 5.27. The van der Waals surface area contributed by atoms with Crippen LogP contribution < -0.4 is 5.32 Å². The normalized spacial score (nSPS) is 18.2. The van der Waals surface area contributed by atoms with Crippen LogP contribution in [0.5, 0.6) is 0 Å². The molecule has 0 spiro atoms. The monoisotopic (exact) mass is 202 g/mol. The first kappa shape index (κ1) is 13.9. The summed E-state index contributed by atoms with van der Waals surface area (Å²) in [6.45, 7) is 7.61. The van der Waals surface area contributed by atoms with Crippen LogP contribution in [0.1, 0.15) is 27.2 Å². The molecule has 1 N–H and O–H groups in total. The van der Waals surface area contributed by atoms with Crippen molar-refractivity contribution in [3.8, 4) is 0 Å². The summed E-state index contributed by atoms with van der Waals surface area (Å²) >= 11 is 0. The van der Waals surface area contributed by atoms with E-state index in [4.69, 9.17) is 4.74 Å². The molecule has 0 fully saturated rings. The van der Waals surface area contributed by atoms with Gasteiger partial charge in [0.25, 0.3) is 0 Å². The second kappa shape index (κ2) is 7.21. The number of ether oxygens (including phenoxy) is 1. The van der Waals surface area contributed by atoms with E-state index in [2.05, 4.69) is 45.1 Å². The largest absolute Gasteiger partial charge is 0.380 e. The number of hydrogen-bond donors (Lipinski definition) is 1. The summed E-state index contributed by atoms with van der Waals surface area (Å²) in [4.78, 5) is 2.21. The Labute approximate surface area is 88.8 Å². The highest BCUT2D eigenvalue weighted by Crippen LogP contribution is 2.00. The van der Waals surface area contributed by atoms with E-state index in [1.54, 1.807) is 7.11 Å². The SMILES string of the molecule is COC(C)C(C)NC(C)CCN(C)C. The third-order valence-electron chi connectivity index (χ3n) is 2.63. The van der Waals surface area contributed by atoms with Gasteiger partial charge < -0.3 is 15.0 Å². The fourth-order valence-corrected chi connectivity index (χ4v) is 1.32. The first-order chi connectivity index (χ1) is 6.47. The second-order valence-electron chi connectivity index (χ2n) is 4.39. The predicted octanol–water partition coefficient (Wildman–Crippen LogP) is 1.34. The minimum Gasteiger partial charge on any atom is -0.380 e. The molecule has 0 amide bonds. The van der Waals surface area contributed by atoms with Crippen molar-refractivity contribution in [1.82, 2.24) is 10.2 Å². The number of methoxy groups -OCH3 is 1. The topological polar surface area (TPSA) is 24.5 Å². The Morgan fingerprint density at radius 3 is 2.21 bits per heavy atom. The van der Waals surface area contributed by atoms with Crippen LogP contribution in [0.15, 0.2) is 0 Å². The number of nitrogens with zero attached hydrogens (tertiary/aromatic N) is 1. The van der Waals surface area contributed by atoms with Crippen molar-refractivity contribution in [3.63, 3.8) is 0 Å². The Balaban J connectivity index is 3.65. The lowest BCUT2D eigenvalue weighted by molar-refractivity contribution is 0.0844. The van der Waals surface area contributed by atoms with Gasteiger partial charge in [0.15, 0.2) is 0 Å². The van der Waals surface area contributed by atoms with Crippen molar-refractivity contribution >= 4 is 0 Å². The maximum absolute atomic E-state index is 5.27. The van der Waals surface area contributed by atoms with Crippen LogP contribution in [0, 0.1) is 0 Å². The Morgan fingerprint density at radius 1 is 1.21 bits per heavy atom. The van der Waals surface area contributed by atoms with Gasteiger partial charge in [-0.05, 0) is 47.8 Å². The van der Waals surface area contributed by atoms with Gasteiger partial charge in [0.1, 0.15) is 0 Å². The van der Waals surface area contributed by atoms with Crippen LogP contribution in [-0.2, 0) is 4.74 Å². The van der Waals surface area contributed by atoms with Crippen LogP contribution in [0.25, 0.3) is 0 Å². The molecule has 3 atom stereocenters. The molecule has 3 heteroatoms. The number of rotatable bonds is 7. The molecule has 0 aromatic carbocycles. The smallest absolute Gasteiger partial charge is 0.0693 e. The lowest BCUT2D eigenvalue weighted by atomic mass is 10.1. The van der Waals surface area contributed by atoms with E-state index >= 15 is 0 Å². The molecular weight excluding hydrogens is 176 g/mol. The van der Waals surface area contributed by atoms with E-state index < -0.39 is 0 Å². The molecule has 0 radical (unpaired) electrons. The summed E-state index contributed by atoms with van der Waals surface area (Å²) in [6, 6.07) is 0.960. The van der Waals surface area contributed by atoms with Gasteiger partial charge in [-0.2, -0.15) is 0 Å². The fraction of sp³-hybridized carbons (Fsp3) is 1.00. The summed E-state index contributed by atoms with van der Waals surface area (Å²) in [5, 5.41) is 3.53. The Bertz CT molecular complexity index is 139. The van der Waals surface area contributed by atoms with Gasteiger partial charge in [-0.25, -0.2) is 0 Å². The van der Waals surface area contributed by atoms with E-state index in [-0.39, 0.29) is 6.10 Å². The van der Waals surface area contributed by atoms with Crippen LogP contribution in [0.2, 0.25) is 0 Å². The van der Waals surface area contributed by atoms with E-state index in [0.717, 1.165) is 6.54 Å². The van der Waals surface area contributed by atoms with Crippen molar-refractivity contribution in [2.75, 3.05) is 27.7 Å². The highest BCUT2D eigenvalue weighted by Gasteiger charge is 2.13. The van der Waals surface area contributed by atoms with Crippen molar-refractivity contribution < 1.29 is 4.74 Å². The van der Waals surface area contributed by atoms with Crippen LogP contribution in [0.4, 0.5) is 0 Å². The molecule has 0 aromatic heterocycles. The third kappa shape index (κ3) is 6.35. The van der Waals surface area contributed by atoms with Crippen LogP contribution in [-0.4, -0.2) is 50.8 Å². The van der Waals surface area contributed by atoms with E-state index in [1.807, 2.05) is 0 Å². The van der Waals surface area contributed by atoms with Gasteiger partial charge in [-0.1, -0.05) is 0 Å². The molecule has 0 saturated carbocycles. The molecule has 0 aliphatic carbocycles. The molecule has 14 heavy (non-hydrogen) atoms. The zero-order chi connectivity index (χ0) is 11.1. The standard InChI is InChI=1S/C11H26N2O/c1-9(7-8-13(4)5)12-10(2)11(3)14-6/h9-12H,7-8H2,1-6H3. The lowest BCUT2D eigenvalue weighted by Gasteiger charge is -2.25. The molecule has 0 bridgehead atoms. The fourth-order valence-electron chi connectivity index (χ4n) is 1.32. The Morgan fingerprint density at radius 2 is 1.79 bits per heavy atom. The van der Waals surface area contributed by atoms with Crippen molar-refractivity contribution in [2.24, 2.45) is 0 Å². The minimum atomic E-state index is 0.275. The molecule has 0 saturated heterocycles. The van der Waals surface area contributed by atoms with Gasteiger partial charge in [-0.3, -0.25) is 0 Å². The van der Waals surface area contributed by atoms with Crippen LogP contribution in [0.3, 0.4) is 0 Å². The molecule has 86 valence electrons. The highest BCUT2D eigenvalue weighted by molar-refractivity contribution is 4.72. The molecular formula is C11H26N2O. The lowest BCUT2D eigenvalue weighted by Crippen LogP contribution is -2.42. The van der Waals surface area contributed by atoms with Gasteiger partial charge >= 0.3 is 0 Å². The minimum absolute atomic E-state index is 0.275. The molecule has 3 unspecified atom stereocenters. The molecule has 0 rings (SSSR count). The first-order valence-electron chi connectivity index (χ1n) is 5.41. The molecule has 0 aliphatic heterocycles. The summed E-state index contributed by atoms with van der Waals surface area (Å²) < 4.78 is 5.27. The molecule has 0 aliphatic rings. The summed E-state index contributed by atoms with van der Waals surface area (Å²) in [7, 11) is 5.97. The average molecular weight is 202 g/mol. The quantitative estimate of drug-likeness (QED) is 0.674. The summed E-state index contributed by atoms with van der Waals surface area (Å²) in [5.74, 6) is 0. The zero-order valence-electron chi connectivity index (χ0n) is 10.5. The van der Waals surface area contributed by atoms with Gasteiger partial charge in [0.2, 0.25) is 0 Å². The number of nitrogens with one attached hydrogen (secondary N) is 1. The average Bonchev–Trinajstić information content (AvgIpc) is 2.13. The summed E-state index contributed by atoms with van der Waals surface area (Å²) in [5.41, 5.74) is 0. The van der Waals surface area contributed by atoms with Crippen LogP contribution >= 0.6 is 0 Å². The van der Waals surface area contributed by atoms with Crippen molar-refractivity contribution in [1.29, 1.82) is 0 Å².